The number of rotatable bonds is 4. The predicted octanol–water partition coefficient (Wildman–Crippen LogP) is 2.35. The maximum absolute atomic E-state index is 12.6. The first-order valence-corrected chi connectivity index (χ1v) is 9.17. The number of hydrogen-bond acceptors (Lipinski definition) is 5. The van der Waals surface area contributed by atoms with Gasteiger partial charge >= 0.3 is 0 Å². The summed E-state index contributed by atoms with van der Waals surface area (Å²) in [5, 5.41) is 3.38. The number of anilines is 1. The summed E-state index contributed by atoms with van der Waals surface area (Å²) in [6, 6.07) is 7.83. The van der Waals surface area contributed by atoms with Crippen LogP contribution < -0.4 is 15.0 Å². The van der Waals surface area contributed by atoms with Crippen LogP contribution >= 0.6 is 0 Å². The van der Waals surface area contributed by atoms with Crippen molar-refractivity contribution >= 4 is 11.7 Å². The van der Waals surface area contributed by atoms with Gasteiger partial charge in [-0.15, -0.1) is 0 Å². The number of aromatic nitrogens is 2. The van der Waals surface area contributed by atoms with Crippen LogP contribution in [-0.2, 0) is 17.8 Å². The molecule has 0 radical (unpaired) electrons. The van der Waals surface area contributed by atoms with Crippen molar-refractivity contribution in [2.75, 3.05) is 25.1 Å². The van der Waals surface area contributed by atoms with Crippen LogP contribution in [0.15, 0.2) is 24.3 Å². The van der Waals surface area contributed by atoms with E-state index < -0.39 is 0 Å². The molecule has 0 aliphatic carbocycles. The molecule has 2 aliphatic rings. The largest absolute Gasteiger partial charge is 0.497 e. The van der Waals surface area contributed by atoms with Gasteiger partial charge in [-0.2, -0.15) is 0 Å². The molecule has 136 valence electrons. The second-order valence-electron chi connectivity index (χ2n) is 7.00. The number of amides is 1. The molecule has 2 aromatic rings. The molecule has 0 unspecified atom stereocenters. The molecular formula is C20H24N4O2. The Hall–Kier alpha value is -2.47. The van der Waals surface area contributed by atoms with E-state index in [0.717, 1.165) is 60.1 Å². The SMILES string of the molecule is COc1cccc(CN2C(=O)Cc3c(C)nc(C4CCNCC4)nc32)c1. The van der Waals surface area contributed by atoms with Crippen molar-refractivity contribution < 1.29 is 9.53 Å². The number of methoxy groups -OCH3 is 1. The van der Waals surface area contributed by atoms with Crippen LogP contribution in [0.1, 0.15) is 41.4 Å². The number of aryl methyl sites for hydroxylation is 1. The van der Waals surface area contributed by atoms with Gasteiger partial charge in [0.1, 0.15) is 17.4 Å². The second-order valence-corrected chi connectivity index (χ2v) is 7.00. The lowest BCUT2D eigenvalue weighted by atomic mass is 9.97. The van der Waals surface area contributed by atoms with Crippen molar-refractivity contribution in [3.8, 4) is 5.75 Å². The van der Waals surface area contributed by atoms with E-state index in [9.17, 15) is 4.79 Å². The molecule has 1 aromatic carbocycles. The zero-order valence-electron chi connectivity index (χ0n) is 15.3. The Bertz CT molecular complexity index is 831. The Balaban J connectivity index is 1.66. The van der Waals surface area contributed by atoms with Crippen molar-refractivity contribution in [1.82, 2.24) is 15.3 Å². The van der Waals surface area contributed by atoms with E-state index in [1.807, 2.05) is 31.2 Å². The van der Waals surface area contributed by atoms with E-state index >= 15 is 0 Å². The highest BCUT2D eigenvalue weighted by Crippen LogP contribution is 2.33. The number of carbonyl (C=O) groups excluding carboxylic acids is 1. The first kappa shape index (κ1) is 17.0. The van der Waals surface area contributed by atoms with Crippen molar-refractivity contribution in [2.45, 2.75) is 38.6 Å². The zero-order valence-corrected chi connectivity index (χ0v) is 15.3. The summed E-state index contributed by atoms with van der Waals surface area (Å²) >= 11 is 0. The summed E-state index contributed by atoms with van der Waals surface area (Å²) < 4.78 is 5.30. The summed E-state index contributed by atoms with van der Waals surface area (Å²) in [6.45, 7) is 4.49. The fraction of sp³-hybridized carbons (Fsp3) is 0.450. The van der Waals surface area contributed by atoms with Crippen molar-refractivity contribution in [3.05, 3.63) is 46.9 Å². The molecular weight excluding hydrogens is 328 g/mol. The fourth-order valence-electron chi connectivity index (χ4n) is 3.78. The summed E-state index contributed by atoms with van der Waals surface area (Å²) in [4.78, 5) is 24.0. The van der Waals surface area contributed by atoms with E-state index in [4.69, 9.17) is 14.7 Å². The third-order valence-electron chi connectivity index (χ3n) is 5.27. The Morgan fingerprint density at radius 2 is 2.08 bits per heavy atom. The molecule has 1 amide bonds. The average Bonchev–Trinajstić information content (AvgIpc) is 2.99. The van der Waals surface area contributed by atoms with E-state index in [1.165, 1.54) is 0 Å². The van der Waals surface area contributed by atoms with Crippen LogP contribution in [0, 0.1) is 6.92 Å². The van der Waals surface area contributed by atoms with Gasteiger partial charge in [0, 0.05) is 17.2 Å². The van der Waals surface area contributed by atoms with Gasteiger partial charge in [-0.25, -0.2) is 9.97 Å². The van der Waals surface area contributed by atoms with Crippen LogP contribution in [-0.4, -0.2) is 36.1 Å². The maximum atomic E-state index is 12.6. The molecule has 1 saturated heterocycles. The fourth-order valence-corrected chi connectivity index (χ4v) is 3.78. The molecule has 0 bridgehead atoms. The lowest BCUT2D eigenvalue weighted by Crippen LogP contribution is -2.29. The molecule has 2 aliphatic heterocycles. The molecule has 0 saturated carbocycles. The molecule has 3 heterocycles. The van der Waals surface area contributed by atoms with Crippen LogP contribution in [0.2, 0.25) is 0 Å². The number of nitrogens with zero attached hydrogens (tertiary/aromatic N) is 3. The van der Waals surface area contributed by atoms with Crippen LogP contribution in [0.25, 0.3) is 0 Å². The Morgan fingerprint density at radius 1 is 1.27 bits per heavy atom. The van der Waals surface area contributed by atoms with E-state index in [1.54, 1.807) is 12.0 Å². The summed E-state index contributed by atoms with van der Waals surface area (Å²) in [7, 11) is 1.65. The van der Waals surface area contributed by atoms with E-state index in [-0.39, 0.29) is 5.91 Å². The predicted molar refractivity (Wildman–Crippen MR) is 99.5 cm³/mol. The van der Waals surface area contributed by atoms with Gasteiger partial charge in [0.25, 0.3) is 0 Å². The molecule has 6 heteroatoms. The van der Waals surface area contributed by atoms with Crippen molar-refractivity contribution in [3.63, 3.8) is 0 Å². The lowest BCUT2D eigenvalue weighted by molar-refractivity contribution is -0.117. The summed E-state index contributed by atoms with van der Waals surface area (Å²) in [5.41, 5.74) is 2.94. The Kier molecular flexibility index (Phi) is 4.59. The number of benzene rings is 1. The van der Waals surface area contributed by atoms with Gasteiger partial charge < -0.3 is 10.1 Å². The van der Waals surface area contributed by atoms with Gasteiger partial charge in [-0.3, -0.25) is 9.69 Å². The number of ether oxygens (including phenoxy) is 1. The quantitative estimate of drug-likeness (QED) is 0.915. The summed E-state index contributed by atoms with van der Waals surface area (Å²) in [5.74, 6) is 2.92. The molecule has 26 heavy (non-hydrogen) atoms. The highest BCUT2D eigenvalue weighted by molar-refractivity contribution is 6.00. The van der Waals surface area contributed by atoms with Gasteiger partial charge in [-0.05, 0) is 50.6 Å². The van der Waals surface area contributed by atoms with Crippen LogP contribution in [0.3, 0.4) is 0 Å². The highest BCUT2D eigenvalue weighted by Gasteiger charge is 2.32. The number of carbonyl (C=O) groups is 1. The molecule has 0 spiro atoms. The van der Waals surface area contributed by atoms with Crippen molar-refractivity contribution in [2.24, 2.45) is 0 Å². The third kappa shape index (κ3) is 3.17. The molecule has 0 atom stereocenters. The molecule has 6 nitrogen and oxygen atoms in total. The number of hydrogen-bond donors (Lipinski definition) is 1. The van der Waals surface area contributed by atoms with Gasteiger partial charge in [0.05, 0.1) is 20.1 Å². The molecule has 1 N–H and O–H groups in total. The van der Waals surface area contributed by atoms with E-state index in [2.05, 4.69) is 5.32 Å². The van der Waals surface area contributed by atoms with Crippen LogP contribution in [0.4, 0.5) is 5.82 Å². The van der Waals surface area contributed by atoms with Gasteiger partial charge in [0.2, 0.25) is 5.91 Å². The minimum absolute atomic E-state index is 0.0858. The monoisotopic (exact) mass is 352 g/mol. The van der Waals surface area contributed by atoms with E-state index in [0.29, 0.717) is 18.9 Å². The second kappa shape index (κ2) is 7.03. The van der Waals surface area contributed by atoms with Crippen molar-refractivity contribution in [1.29, 1.82) is 0 Å². The Morgan fingerprint density at radius 3 is 2.85 bits per heavy atom. The lowest BCUT2D eigenvalue weighted by Gasteiger charge is -2.23. The topological polar surface area (TPSA) is 67.3 Å². The third-order valence-corrected chi connectivity index (χ3v) is 5.27. The number of fused-ring (bicyclic) bond motifs is 1. The van der Waals surface area contributed by atoms with Gasteiger partial charge in [0.15, 0.2) is 0 Å². The average molecular weight is 352 g/mol. The molecule has 1 aromatic heterocycles. The Labute approximate surface area is 153 Å². The first-order valence-electron chi connectivity index (χ1n) is 9.17. The van der Waals surface area contributed by atoms with Gasteiger partial charge in [-0.1, -0.05) is 12.1 Å². The maximum Gasteiger partial charge on any atom is 0.233 e. The highest BCUT2D eigenvalue weighted by atomic mass is 16.5. The zero-order chi connectivity index (χ0) is 18.1. The van der Waals surface area contributed by atoms with Crippen LogP contribution in [0.5, 0.6) is 5.75 Å². The standard InChI is InChI=1S/C20H24N4O2/c1-13-17-11-18(25)24(12-14-4-3-5-16(10-14)26-2)20(17)23-19(22-13)15-6-8-21-9-7-15/h3-5,10,15,21H,6-9,11-12H2,1-2H3. The first-order chi connectivity index (χ1) is 12.7. The minimum Gasteiger partial charge on any atom is -0.497 e. The normalized spacial score (nSPS) is 17.5. The number of piperidine rings is 1. The minimum atomic E-state index is 0.0858. The molecule has 1 fully saturated rings. The number of nitrogens with one attached hydrogen (secondary N) is 1. The summed E-state index contributed by atoms with van der Waals surface area (Å²) in [6.07, 6.45) is 2.47. The molecule has 4 rings (SSSR count). The smallest absolute Gasteiger partial charge is 0.233 e.